The maximum atomic E-state index is 5.45. The molecule has 1 rings (SSSR count). The highest BCUT2D eigenvalue weighted by atomic mass is 79.9. The maximum Gasteiger partial charge on any atom is 0.107 e. The molecule has 1 aromatic rings. The molecule has 4 heteroatoms. The van der Waals surface area contributed by atoms with Gasteiger partial charge < -0.3 is 5.73 Å². The molecule has 1 aromatic heterocycles. The minimum atomic E-state index is 0.677. The first-order valence-corrected chi connectivity index (χ1v) is 4.99. The first-order valence-electron chi connectivity index (χ1n) is 4.19. The molecule has 0 amide bonds. The van der Waals surface area contributed by atoms with Crippen molar-refractivity contribution in [2.75, 3.05) is 6.54 Å². The van der Waals surface area contributed by atoms with Crippen LogP contribution in [0.1, 0.15) is 18.9 Å². The van der Waals surface area contributed by atoms with Crippen LogP contribution in [0.3, 0.4) is 0 Å². The van der Waals surface area contributed by atoms with Crippen molar-refractivity contribution >= 4 is 15.9 Å². The van der Waals surface area contributed by atoms with E-state index in [1.54, 1.807) is 0 Å². The highest BCUT2D eigenvalue weighted by molar-refractivity contribution is 9.10. The van der Waals surface area contributed by atoms with Crippen LogP contribution < -0.4 is 5.73 Å². The van der Waals surface area contributed by atoms with Gasteiger partial charge in [0.1, 0.15) is 4.60 Å². The van der Waals surface area contributed by atoms with E-state index in [2.05, 4.69) is 28.0 Å². The average molecular weight is 232 g/mol. The third-order valence-electron chi connectivity index (χ3n) is 1.69. The summed E-state index contributed by atoms with van der Waals surface area (Å²) in [5.41, 5.74) is 6.65. The van der Waals surface area contributed by atoms with Gasteiger partial charge in [-0.05, 0) is 35.3 Å². The van der Waals surface area contributed by atoms with Crippen LogP contribution in [0.15, 0.2) is 10.8 Å². The summed E-state index contributed by atoms with van der Waals surface area (Å²) in [6.45, 7) is 3.78. The number of aromatic nitrogens is 2. The fraction of sp³-hybridized carbons (Fsp3) is 0.625. The molecule has 0 radical (unpaired) electrons. The summed E-state index contributed by atoms with van der Waals surface area (Å²) in [6.07, 6.45) is 3.87. The Labute approximate surface area is 81.1 Å². The van der Waals surface area contributed by atoms with E-state index in [9.17, 15) is 0 Å². The normalized spacial score (nSPS) is 10.6. The second-order valence-corrected chi connectivity index (χ2v) is 3.47. The second kappa shape index (κ2) is 4.62. The molecule has 0 fully saturated rings. The molecule has 3 nitrogen and oxygen atoms in total. The van der Waals surface area contributed by atoms with E-state index < -0.39 is 0 Å². The molecule has 1 heterocycles. The zero-order valence-corrected chi connectivity index (χ0v) is 8.84. The lowest BCUT2D eigenvalue weighted by atomic mass is 10.3. The van der Waals surface area contributed by atoms with Gasteiger partial charge in [0.25, 0.3) is 0 Å². The van der Waals surface area contributed by atoms with Crippen LogP contribution in [0.25, 0.3) is 0 Å². The quantitative estimate of drug-likeness (QED) is 0.855. The zero-order chi connectivity index (χ0) is 8.97. The van der Waals surface area contributed by atoms with Gasteiger partial charge in [0.05, 0.1) is 6.20 Å². The van der Waals surface area contributed by atoms with Crippen LogP contribution in [0.5, 0.6) is 0 Å². The van der Waals surface area contributed by atoms with E-state index in [0.29, 0.717) is 6.54 Å². The van der Waals surface area contributed by atoms with Crippen LogP contribution in [-0.2, 0) is 13.0 Å². The molecule has 0 saturated carbocycles. The molecular formula is C8H14BrN3. The highest BCUT2D eigenvalue weighted by Gasteiger charge is 2.05. The molecule has 0 saturated heterocycles. The first-order chi connectivity index (χ1) is 5.79. The summed E-state index contributed by atoms with van der Waals surface area (Å²) in [5, 5.41) is 4.24. The molecule has 0 spiro atoms. The Balaban J connectivity index is 2.74. The summed E-state index contributed by atoms with van der Waals surface area (Å²) >= 11 is 3.50. The van der Waals surface area contributed by atoms with Crippen molar-refractivity contribution in [2.24, 2.45) is 5.73 Å². The van der Waals surface area contributed by atoms with Crippen LogP contribution in [-0.4, -0.2) is 16.3 Å². The van der Waals surface area contributed by atoms with Crippen LogP contribution >= 0.6 is 15.9 Å². The summed E-state index contributed by atoms with van der Waals surface area (Å²) in [7, 11) is 0. The lowest BCUT2D eigenvalue weighted by Crippen LogP contribution is -2.03. The number of hydrogen-bond donors (Lipinski definition) is 1. The lowest BCUT2D eigenvalue weighted by molar-refractivity contribution is 0.590. The third kappa shape index (κ3) is 2.08. The molecule has 0 unspecified atom stereocenters. The topological polar surface area (TPSA) is 43.8 Å². The largest absolute Gasteiger partial charge is 0.330 e. The van der Waals surface area contributed by atoms with Crippen molar-refractivity contribution < 1.29 is 0 Å². The van der Waals surface area contributed by atoms with Crippen LogP contribution in [0.4, 0.5) is 0 Å². The molecule has 0 aromatic carbocycles. The molecule has 0 aliphatic rings. The Morgan fingerprint density at radius 1 is 1.67 bits per heavy atom. The molecular weight excluding hydrogens is 218 g/mol. The fourth-order valence-corrected chi connectivity index (χ4v) is 1.67. The highest BCUT2D eigenvalue weighted by Crippen LogP contribution is 2.16. The summed E-state index contributed by atoms with van der Waals surface area (Å²) in [6, 6.07) is 0. The van der Waals surface area contributed by atoms with Crippen LogP contribution in [0.2, 0.25) is 0 Å². The van der Waals surface area contributed by atoms with Crippen molar-refractivity contribution in [2.45, 2.75) is 26.3 Å². The Bertz CT molecular complexity index is 221. The van der Waals surface area contributed by atoms with Gasteiger partial charge in [-0.15, -0.1) is 0 Å². The van der Waals surface area contributed by atoms with Crippen molar-refractivity contribution in [1.29, 1.82) is 0 Å². The van der Waals surface area contributed by atoms with Crippen molar-refractivity contribution in [1.82, 2.24) is 9.78 Å². The standard InChI is InChI=1S/C8H14BrN3/c1-2-5-12-8(9)7(3-4-10)6-11-12/h6H,2-5,10H2,1H3. The third-order valence-corrected chi connectivity index (χ3v) is 2.61. The average Bonchev–Trinajstić information content (AvgIpc) is 2.38. The van der Waals surface area contributed by atoms with E-state index in [1.165, 1.54) is 5.56 Å². The van der Waals surface area contributed by atoms with Crippen molar-refractivity contribution in [3.8, 4) is 0 Å². The molecule has 0 aliphatic carbocycles. The van der Waals surface area contributed by atoms with Gasteiger partial charge in [-0.3, -0.25) is 4.68 Å². The van der Waals surface area contributed by atoms with Gasteiger partial charge in [0.15, 0.2) is 0 Å². The SMILES string of the molecule is CCCn1ncc(CCN)c1Br. The fourth-order valence-electron chi connectivity index (χ4n) is 1.10. The van der Waals surface area contributed by atoms with E-state index in [-0.39, 0.29) is 0 Å². The molecule has 0 atom stereocenters. The zero-order valence-electron chi connectivity index (χ0n) is 7.26. The predicted octanol–water partition coefficient (Wildman–Crippen LogP) is 1.56. The lowest BCUT2D eigenvalue weighted by Gasteiger charge is -2.00. The second-order valence-electron chi connectivity index (χ2n) is 2.72. The molecule has 68 valence electrons. The van der Waals surface area contributed by atoms with Gasteiger partial charge in [0, 0.05) is 12.1 Å². The van der Waals surface area contributed by atoms with Gasteiger partial charge >= 0.3 is 0 Å². The first kappa shape index (κ1) is 9.74. The smallest absolute Gasteiger partial charge is 0.107 e. The maximum absolute atomic E-state index is 5.45. The summed E-state index contributed by atoms with van der Waals surface area (Å²) in [5.74, 6) is 0. The predicted molar refractivity (Wildman–Crippen MR) is 53.0 cm³/mol. The molecule has 0 aliphatic heterocycles. The minimum Gasteiger partial charge on any atom is -0.330 e. The van der Waals surface area contributed by atoms with Gasteiger partial charge in [-0.2, -0.15) is 5.10 Å². The monoisotopic (exact) mass is 231 g/mol. The van der Waals surface area contributed by atoms with Gasteiger partial charge in [0.2, 0.25) is 0 Å². The molecule has 12 heavy (non-hydrogen) atoms. The molecule has 2 N–H and O–H groups in total. The number of hydrogen-bond acceptors (Lipinski definition) is 2. The van der Waals surface area contributed by atoms with E-state index in [4.69, 9.17) is 5.73 Å². The number of aryl methyl sites for hydroxylation is 1. The van der Waals surface area contributed by atoms with E-state index in [0.717, 1.165) is 24.0 Å². The van der Waals surface area contributed by atoms with Crippen molar-refractivity contribution in [3.05, 3.63) is 16.4 Å². The number of nitrogens with two attached hydrogens (primary N) is 1. The Morgan fingerprint density at radius 2 is 2.42 bits per heavy atom. The number of rotatable bonds is 4. The summed E-state index contributed by atoms with van der Waals surface area (Å²) in [4.78, 5) is 0. The van der Waals surface area contributed by atoms with E-state index in [1.807, 2.05) is 10.9 Å². The van der Waals surface area contributed by atoms with Crippen molar-refractivity contribution in [3.63, 3.8) is 0 Å². The van der Waals surface area contributed by atoms with E-state index >= 15 is 0 Å². The van der Waals surface area contributed by atoms with Crippen LogP contribution in [0, 0.1) is 0 Å². The van der Waals surface area contributed by atoms with Gasteiger partial charge in [-0.25, -0.2) is 0 Å². The minimum absolute atomic E-state index is 0.677. The number of halogens is 1. The Morgan fingerprint density at radius 3 is 3.00 bits per heavy atom. The number of nitrogens with zero attached hydrogens (tertiary/aromatic N) is 2. The summed E-state index contributed by atoms with van der Waals surface area (Å²) < 4.78 is 3.04. The van der Waals surface area contributed by atoms with Gasteiger partial charge in [-0.1, -0.05) is 6.92 Å². The molecule has 0 bridgehead atoms. The Kier molecular flexibility index (Phi) is 3.75. The Hall–Kier alpha value is -0.350.